The Morgan fingerprint density at radius 1 is 1.15 bits per heavy atom. The van der Waals surface area contributed by atoms with Gasteiger partial charge in [-0.15, -0.1) is 0 Å². The number of nitrogens with one attached hydrogen (secondary N) is 1. The maximum atomic E-state index is 5.58. The second-order valence-electron chi connectivity index (χ2n) is 6.03. The molecule has 4 rings (SSSR count). The van der Waals surface area contributed by atoms with Crippen molar-refractivity contribution in [2.24, 2.45) is 0 Å². The summed E-state index contributed by atoms with van der Waals surface area (Å²) in [6, 6.07) is 7.54. The normalized spacial score (nSPS) is 28.6. The first-order valence-corrected chi connectivity index (χ1v) is 7.77. The highest BCUT2D eigenvalue weighted by atomic mass is 16.7. The number of ether oxygens (including phenoxy) is 2. The molecule has 1 aromatic rings. The number of para-hydroxylation sites is 1. The van der Waals surface area contributed by atoms with Crippen molar-refractivity contribution in [3.63, 3.8) is 0 Å². The van der Waals surface area contributed by atoms with E-state index in [1.807, 2.05) is 12.1 Å². The fourth-order valence-electron chi connectivity index (χ4n) is 3.86. The molecule has 3 aliphatic rings. The summed E-state index contributed by atoms with van der Waals surface area (Å²) in [5.74, 6) is 1.81. The second kappa shape index (κ2) is 5.26. The molecule has 0 amide bonds. The molecule has 1 aromatic carbocycles. The molecule has 0 aliphatic carbocycles. The average molecular weight is 274 g/mol. The Labute approximate surface area is 120 Å². The first-order chi connectivity index (χ1) is 9.92. The van der Waals surface area contributed by atoms with Crippen molar-refractivity contribution in [2.45, 2.75) is 44.3 Å². The van der Waals surface area contributed by atoms with Crippen LogP contribution in [0.25, 0.3) is 0 Å². The van der Waals surface area contributed by atoms with Gasteiger partial charge in [0.15, 0.2) is 11.5 Å². The van der Waals surface area contributed by atoms with Gasteiger partial charge in [-0.25, -0.2) is 0 Å². The van der Waals surface area contributed by atoms with Gasteiger partial charge in [0.1, 0.15) is 0 Å². The highest BCUT2D eigenvalue weighted by Gasteiger charge is 2.35. The van der Waals surface area contributed by atoms with E-state index in [4.69, 9.17) is 9.47 Å². The second-order valence-corrected chi connectivity index (χ2v) is 6.03. The average Bonchev–Trinajstić information content (AvgIpc) is 3.12. The molecule has 2 fully saturated rings. The van der Waals surface area contributed by atoms with Crippen LogP contribution in [0.15, 0.2) is 18.2 Å². The summed E-state index contributed by atoms with van der Waals surface area (Å²) in [6.07, 6.45) is 5.39. The van der Waals surface area contributed by atoms with E-state index in [9.17, 15) is 0 Å². The van der Waals surface area contributed by atoms with Gasteiger partial charge >= 0.3 is 0 Å². The standard InChI is InChI=1S/C16H22N2O2/c1-2-8-18-9-7-13(14(18)5-1)17-10-12-4-3-6-15-16(12)20-11-19-15/h3-4,6,13-14,17H,1-2,5,7-11H2. The summed E-state index contributed by atoms with van der Waals surface area (Å²) in [6.45, 7) is 3.78. The zero-order valence-electron chi connectivity index (χ0n) is 11.8. The highest BCUT2D eigenvalue weighted by molar-refractivity contribution is 5.48. The third-order valence-corrected chi connectivity index (χ3v) is 4.89. The summed E-state index contributed by atoms with van der Waals surface area (Å²) in [5, 5.41) is 3.75. The van der Waals surface area contributed by atoms with Crippen LogP contribution < -0.4 is 14.8 Å². The maximum absolute atomic E-state index is 5.58. The zero-order chi connectivity index (χ0) is 13.4. The molecule has 4 heteroatoms. The molecule has 1 N–H and O–H groups in total. The molecule has 20 heavy (non-hydrogen) atoms. The largest absolute Gasteiger partial charge is 0.454 e. The lowest BCUT2D eigenvalue weighted by Gasteiger charge is -2.32. The molecular weight excluding hydrogens is 252 g/mol. The number of benzene rings is 1. The Hall–Kier alpha value is -1.26. The molecule has 0 bridgehead atoms. The van der Waals surface area contributed by atoms with Crippen LogP contribution in [0.3, 0.4) is 0 Å². The Morgan fingerprint density at radius 2 is 2.15 bits per heavy atom. The molecule has 3 heterocycles. The smallest absolute Gasteiger partial charge is 0.231 e. The van der Waals surface area contributed by atoms with Gasteiger partial charge in [-0.2, -0.15) is 0 Å². The van der Waals surface area contributed by atoms with Crippen LogP contribution in [0.4, 0.5) is 0 Å². The Morgan fingerprint density at radius 3 is 3.15 bits per heavy atom. The van der Waals surface area contributed by atoms with Crippen LogP contribution >= 0.6 is 0 Å². The van der Waals surface area contributed by atoms with E-state index in [1.165, 1.54) is 44.3 Å². The van der Waals surface area contributed by atoms with Gasteiger partial charge in [-0.3, -0.25) is 4.90 Å². The third kappa shape index (κ3) is 2.17. The first kappa shape index (κ1) is 12.5. The molecular formula is C16H22N2O2. The van der Waals surface area contributed by atoms with E-state index in [0.717, 1.165) is 24.1 Å². The Balaban J connectivity index is 1.42. The van der Waals surface area contributed by atoms with Gasteiger partial charge in [0.2, 0.25) is 6.79 Å². The lowest BCUT2D eigenvalue weighted by atomic mass is 9.99. The molecule has 0 radical (unpaired) electrons. The molecule has 108 valence electrons. The summed E-state index contributed by atoms with van der Waals surface area (Å²) in [7, 11) is 0. The molecule has 0 spiro atoms. The summed E-state index contributed by atoms with van der Waals surface area (Å²) in [5.41, 5.74) is 1.22. The number of hydrogen-bond acceptors (Lipinski definition) is 4. The quantitative estimate of drug-likeness (QED) is 0.915. The number of rotatable bonds is 3. The van der Waals surface area contributed by atoms with Crippen LogP contribution in [-0.4, -0.2) is 36.9 Å². The molecule has 2 saturated heterocycles. The van der Waals surface area contributed by atoms with Gasteiger partial charge in [0.05, 0.1) is 0 Å². The predicted molar refractivity (Wildman–Crippen MR) is 77.0 cm³/mol. The van der Waals surface area contributed by atoms with E-state index in [0.29, 0.717) is 12.8 Å². The monoisotopic (exact) mass is 274 g/mol. The number of piperidine rings is 1. The molecule has 0 aromatic heterocycles. The van der Waals surface area contributed by atoms with Gasteiger partial charge in [0.25, 0.3) is 0 Å². The SMILES string of the molecule is c1cc(CNC2CCN3CCCCC23)c2c(c1)OCO2. The van der Waals surface area contributed by atoms with Crippen LogP contribution in [0.2, 0.25) is 0 Å². The van der Waals surface area contributed by atoms with Crippen molar-refractivity contribution < 1.29 is 9.47 Å². The van der Waals surface area contributed by atoms with E-state index >= 15 is 0 Å². The Kier molecular flexibility index (Phi) is 3.28. The van der Waals surface area contributed by atoms with E-state index in [1.54, 1.807) is 0 Å². The van der Waals surface area contributed by atoms with Crippen molar-refractivity contribution in [1.82, 2.24) is 10.2 Å². The summed E-state index contributed by atoms with van der Waals surface area (Å²) < 4.78 is 11.0. The highest BCUT2D eigenvalue weighted by Crippen LogP contribution is 2.35. The van der Waals surface area contributed by atoms with E-state index in [-0.39, 0.29) is 0 Å². The van der Waals surface area contributed by atoms with Crippen molar-refractivity contribution in [3.05, 3.63) is 23.8 Å². The fourth-order valence-corrected chi connectivity index (χ4v) is 3.86. The number of hydrogen-bond donors (Lipinski definition) is 1. The van der Waals surface area contributed by atoms with Crippen LogP contribution in [-0.2, 0) is 6.54 Å². The number of fused-ring (bicyclic) bond motifs is 2. The molecule has 2 atom stereocenters. The minimum Gasteiger partial charge on any atom is -0.454 e. The van der Waals surface area contributed by atoms with Crippen molar-refractivity contribution in [3.8, 4) is 11.5 Å². The lowest BCUT2D eigenvalue weighted by Crippen LogP contribution is -2.44. The fraction of sp³-hybridized carbons (Fsp3) is 0.625. The first-order valence-electron chi connectivity index (χ1n) is 7.77. The minimum absolute atomic E-state index is 0.353. The third-order valence-electron chi connectivity index (χ3n) is 4.89. The van der Waals surface area contributed by atoms with Crippen molar-refractivity contribution in [1.29, 1.82) is 0 Å². The number of nitrogens with zero attached hydrogens (tertiary/aromatic N) is 1. The molecule has 0 saturated carbocycles. The van der Waals surface area contributed by atoms with Crippen LogP contribution in [0.5, 0.6) is 11.5 Å². The maximum Gasteiger partial charge on any atom is 0.231 e. The minimum atomic E-state index is 0.353. The van der Waals surface area contributed by atoms with Gasteiger partial charge in [-0.1, -0.05) is 18.6 Å². The van der Waals surface area contributed by atoms with Crippen molar-refractivity contribution in [2.75, 3.05) is 19.9 Å². The van der Waals surface area contributed by atoms with Gasteiger partial charge in [0, 0.05) is 30.7 Å². The van der Waals surface area contributed by atoms with E-state index < -0.39 is 0 Å². The Bertz CT molecular complexity index is 491. The van der Waals surface area contributed by atoms with Gasteiger partial charge in [-0.05, 0) is 31.9 Å². The van der Waals surface area contributed by atoms with E-state index in [2.05, 4.69) is 16.3 Å². The summed E-state index contributed by atoms with van der Waals surface area (Å²) >= 11 is 0. The van der Waals surface area contributed by atoms with Crippen molar-refractivity contribution >= 4 is 0 Å². The molecule has 3 aliphatic heterocycles. The predicted octanol–water partition coefficient (Wildman–Crippen LogP) is 2.13. The molecule has 2 unspecified atom stereocenters. The van der Waals surface area contributed by atoms with Crippen LogP contribution in [0, 0.1) is 0 Å². The summed E-state index contributed by atoms with van der Waals surface area (Å²) in [4.78, 5) is 2.66. The lowest BCUT2D eigenvalue weighted by molar-refractivity contribution is 0.172. The topological polar surface area (TPSA) is 33.7 Å². The molecule has 4 nitrogen and oxygen atoms in total. The zero-order valence-corrected chi connectivity index (χ0v) is 11.8. The van der Waals surface area contributed by atoms with Crippen LogP contribution in [0.1, 0.15) is 31.2 Å². The van der Waals surface area contributed by atoms with Gasteiger partial charge < -0.3 is 14.8 Å².